The van der Waals surface area contributed by atoms with Crippen molar-refractivity contribution in [2.45, 2.75) is 95.4 Å². The molecule has 5 aliphatic rings. The zero-order chi connectivity index (χ0) is 44.1. The van der Waals surface area contributed by atoms with Crippen molar-refractivity contribution >= 4 is 34.9 Å². The Morgan fingerprint density at radius 3 is 2.19 bits per heavy atom. The number of nitrogens with one attached hydrogen (secondary N) is 4. The number of hydrogen-bond acceptors (Lipinski definition) is 7. The van der Waals surface area contributed by atoms with E-state index in [2.05, 4.69) is 26.7 Å². The third-order valence-corrected chi connectivity index (χ3v) is 14.4. The highest BCUT2D eigenvalue weighted by Gasteiger charge is 2.55. The maximum atomic E-state index is 16.6. The van der Waals surface area contributed by atoms with E-state index in [0.717, 1.165) is 60.7 Å². The van der Waals surface area contributed by atoms with E-state index in [0.29, 0.717) is 40.3 Å². The predicted octanol–water partition coefficient (Wildman–Crippen LogP) is 8.58. The van der Waals surface area contributed by atoms with Gasteiger partial charge < -0.3 is 39.9 Å². The number of likely N-dealkylation sites (tertiary alicyclic amines) is 2. The highest BCUT2D eigenvalue weighted by molar-refractivity contribution is 5.90. The number of H-pyrrole nitrogens is 2. The Labute approximate surface area is 363 Å². The Hall–Kier alpha value is -6.25. The number of piperidine rings is 1. The lowest BCUT2D eigenvalue weighted by atomic mass is 9.95. The SMILES string of the molecule is COC(=O)N[C@@H](C)C(=O)N1[C@@H]2CC[C@@H](C2)[C@H]1c1cc2ccc(-c3ccc4c(c3)C(F)(F)c3cc(-c5cnc([C@@H]6CC7(CC7)CN6C(=O)[C@@H](NC(=O)OC)C(C)C)[nH]5)ccc3-4)cc2[nH]1. The van der Waals surface area contributed by atoms with Crippen molar-refractivity contribution in [1.82, 2.24) is 35.4 Å². The topological polar surface area (TPSA) is 162 Å². The molecule has 2 aliphatic heterocycles. The number of halogens is 2. The molecule has 328 valence electrons. The number of aromatic amines is 2. The Kier molecular flexibility index (Phi) is 9.68. The van der Waals surface area contributed by atoms with Gasteiger partial charge in [0, 0.05) is 40.5 Å². The van der Waals surface area contributed by atoms with E-state index in [9.17, 15) is 19.2 Å². The molecule has 2 bridgehead atoms. The van der Waals surface area contributed by atoms with Gasteiger partial charge in [-0.3, -0.25) is 9.59 Å². The molecule has 63 heavy (non-hydrogen) atoms. The summed E-state index contributed by atoms with van der Waals surface area (Å²) >= 11 is 0. The summed E-state index contributed by atoms with van der Waals surface area (Å²) in [5, 5.41) is 6.27. The largest absolute Gasteiger partial charge is 0.453 e. The van der Waals surface area contributed by atoms with Crippen LogP contribution in [0.15, 0.2) is 66.9 Å². The Balaban J connectivity index is 0.894. The highest BCUT2D eigenvalue weighted by Crippen LogP contribution is 2.59. The first-order valence-electron chi connectivity index (χ1n) is 21.9. The molecule has 4 fully saturated rings. The maximum Gasteiger partial charge on any atom is 0.407 e. The number of alkyl halides is 2. The zero-order valence-corrected chi connectivity index (χ0v) is 35.9. The normalized spacial score (nSPS) is 23.2. The molecule has 13 nitrogen and oxygen atoms in total. The molecule has 3 aliphatic carbocycles. The fraction of sp³-hybridized carbons (Fsp3) is 0.438. The highest BCUT2D eigenvalue weighted by atomic mass is 19.3. The molecule has 6 atom stereocenters. The van der Waals surface area contributed by atoms with E-state index in [1.165, 1.54) is 20.3 Å². The summed E-state index contributed by atoms with van der Waals surface area (Å²) in [7, 11) is 2.54. The molecule has 2 saturated heterocycles. The van der Waals surface area contributed by atoms with Gasteiger partial charge in [0.05, 0.1) is 38.2 Å². The third kappa shape index (κ3) is 6.81. The number of alkyl carbamates (subject to hydrolysis) is 2. The number of carbonyl (C=O) groups is 4. The van der Waals surface area contributed by atoms with Crippen molar-refractivity contribution in [3.63, 3.8) is 0 Å². The number of rotatable bonds is 9. The van der Waals surface area contributed by atoms with Crippen LogP contribution < -0.4 is 10.6 Å². The number of fused-ring (bicyclic) bond motifs is 6. The molecular weight excluding hydrogens is 809 g/mol. The van der Waals surface area contributed by atoms with E-state index in [4.69, 9.17) is 14.5 Å². The maximum absolute atomic E-state index is 16.6. The van der Waals surface area contributed by atoms with Crippen LogP contribution in [0.4, 0.5) is 18.4 Å². The minimum absolute atomic E-state index is 0.0146. The van der Waals surface area contributed by atoms with Crippen molar-refractivity contribution < 1.29 is 37.4 Å². The molecule has 4 N–H and O–H groups in total. The van der Waals surface area contributed by atoms with Gasteiger partial charge in [0.2, 0.25) is 11.8 Å². The third-order valence-electron chi connectivity index (χ3n) is 14.4. The minimum Gasteiger partial charge on any atom is -0.453 e. The molecule has 15 heteroatoms. The van der Waals surface area contributed by atoms with E-state index in [1.54, 1.807) is 36.2 Å². The first-order valence-corrected chi connectivity index (χ1v) is 21.9. The number of amides is 4. The molecule has 4 amide bonds. The molecule has 5 aromatic rings. The lowest BCUT2D eigenvalue weighted by molar-refractivity contribution is -0.137. The van der Waals surface area contributed by atoms with Crippen LogP contribution in [0, 0.1) is 17.3 Å². The summed E-state index contributed by atoms with van der Waals surface area (Å²) in [4.78, 5) is 67.0. The summed E-state index contributed by atoms with van der Waals surface area (Å²) in [5.74, 6) is -2.93. The number of ether oxygens (including phenoxy) is 2. The van der Waals surface area contributed by atoms with E-state index >= 15 is 8.78 Å². The smallest absolute Gasteiger partial charge is 0.407 e. The van der Waals surface area contributed by atoms with E-state index in [-0.39, 0.29) is 58.3 Å². The lowest BCUT2D eigenvalue weighted by Gasteiger charge is -2.36. The first-order chi connectivity index (χ1) is 30.2. The van der Waals surface area contributed by atoms with E-state index in [1.807, 2.05) is 49.1 Å². The summed E-state index contributed by atoms with van der Waals surface area (Å²) < 4.78 is 42.8. The van der Waals surface area contributed by atoms with Crippen molar-refractivity contribution in [2.75, 3.05) is 20.8 Å². The van der Waals surface area contributed by atoms with Gasteiger partial charge in [0.25, 0.3) is 5.92 Å². The fourth-order valence-corrected chi connectivity index (χ4v) is 10.9. The number of carbonyl (C=O) groups excluding carboxylic acids is 4. The molecule has 1 spiro atoms. The molecule has 3 aromatic carbocycles. The number of methoxy groups -OCH3 is 2. The van der Waals surface area contributed by atoms with Crippen LogP contribution in [-0.2, 0) is 25.0 Å². The Morgan fingerprint density at radius 2 is 1.49 bits per heavy atom. The minimum atomic E-state index is -3.27. The van der Waals surface area contributed by atoms with Crippen molar-refractivity contribution in [3.05, 3.63) is 89.5 Å². The van der Waals surface area contributed by atoms with Gasteiger partial charge in [0.15, 0.2) is 0 Å². The Morgan fingerprint density at radius 1 is 0.825 bits per heavy atom. The van der Waals surface area contributed by atoms with Crippen LogP contribution >= 0.6 is 0 Å². The number of hydrogen-bond donors (Lipinski definition) is 4. The van der Waals surface area contributed by atoms with Crippen LogP contribution in [0.25, 0.3) is 44.4 Å². The molecule has 0 radical (unpaired) electrons. The quantitative estimate of drug-likeness (QED) is 0.115. The van der Waals surface area contributed by atoms with Crippen molar-refractivity contribution in [3.8, 4) is 33.5 Å². The molecule has 0 unspecified atom stereocenters. The van der Waals surface area contributed by atoms with Crippen LogP contribution in [-0.4, -0.2) is 87.6 Å². The van der Waals surface area contributed by atoms with Gasteiger partial charge in [-0.05, 0) is 115 Å². The first kappa shape index (κ1) is 40.8. The zero-order valence-electron chi connectivity index (χ0n) is 35.9. The average Bonchev–Trinajstić information content (AvgIpc) is 3.93. The van der Waals surface area contributed by atoms with Crippen LogP contribution in [0.2, 0.25) is 0 Å². The molecular formula is C48H51F2N7O6. The fourth-order valence-electron chi connectivity index (χ4n) is 10.9. The van der Waals surface area contributed by atoms with Gasteiger partial charge in [-0.15, -0.1) is 0 Å². The van der Waals surface area contributed by atoms with Crippen LogP contribution in [0.3, 0.4) is 0 Å². The molecule has 4 heterocycles. The van der Waals surface area contributed by atoms with Gasteiger partial charge in [-0.1, -0.05) is 50.2 Å². The van der Waals surface area contributed by atoms with Crippen LogP contribution in [0.5, 0.6) is 0 Å². The van der Waals surface area contributed by atoms with Gasteiger partial charge in [-0.25, -0.2) is 14.6 Å². The molecule has 2 saturated carbocycles. The molecule has 2 aromatic heterocycles. The second-order valence-electron chi connectivity index (χ2n) is 18.6. The van der Waals surface area contributed by atoms with Gasteiger partial charge in [-0.2, -0.15) is 8.78 Å². The second-order valence-corrected chi connectivity index (χ2v) is 18.6. The number of benzene rings is 3. The second kappa shape index (κ2) is 14.9. The van der Waals surface area contributed by atoms with Crippen molar-refractivity contribution in [1.29, 1.82) is 0 Å². The summed E-state index contributed by atoms with van der Waals surface area (Å²) in [6.45, 7) is 5.98. The van der Waals surface area contributed by atoms with Crippen molar-refractivity contribution in [2.24, 2.45) is 17.3 Å². The monoisotopic (exact) mass is 859 g/mol. The Bertz CT molecular complexity index is 2690. The van der Waals surface area contributed by atoms with Gasteiger partial charge in [0.1, 0.15) is 17.9 Å². The molecule has 10 rings (SSSR count). The summed E-state index contributed by atoms with van der Waals surface area (Å²) in [5.41, 5.74) is 5.13. The van der Waals surface area contributed by atoms with Gasteiger partial charge >= 0.3 is 12.2 Å². The number of nitrogens with zero attached hydrogens (tertiary/aromatic N) is 3. The van der Waals surface area contributed by atoms with E-state index < -0.39 is 30.2 Å². The number of aromatic nitrogens is 3. The lowest BCUT2D eigenvalue weighted by Crippen LogP contribution is -2.51. The summed E-state index contributed by atoms with van der Waals surface area (Å²) in [6, 6.07) is 16.3. The summed E-state index contributed by atoms with van der Waals surface area (Å²) in [6.07, 6.45) is 5.88. The number of imidazole rings is 1. The standard InChI is InChI=1S/C48H51F2N7O6/c1-24(2)40(55-46(61)63-5)44(59)56-23-47(14-15-47)21-39(56)42-51-22-38(54-42)28-10-13-33-32-12-9-26(17-34(32)48(49,50)35(33)18-28)27-6-7-29-20-37(53-36(29)19-27)41-30-8-11-31(16-30)57(41)43(58)25(3)52-45(60)62-4/h6-7,9-10,12-13,17-20,22,24-25,30-31,39-41,53H,8,11,14-16,21,23H2,1-5H3,(H,51,54)(H,52,60)(H,55,61)/t25-,30-,31+,39-,40-,41-/m0/s1. The van der Waals surface area contributed by atoms with Crippen LogP contribution in [0.1, 0.15) is 94.0 Å². The predicted molar refractivity (Wildman–Crippen MR) is 230 cm³/mol. The average molecular weight is 860 g/mol.